The predicted octanol–water partition coefficient (Wildman–Crippen LogP) is 3.67. The quantitative estimate of drug-likeness (QED) is 0.800. The molecule has 3 nitrogen and oxygen atoms in total. The molecule has 0 aliphatic carbocycles. The molecule has 20 heavy (non-hydrogen) atoms. The Hall–Kier alpha value is -1.62. The smallest absolute Gasteiger partial charge is 0.169 e. The van der Waals surface area contributed by atoms with E-state index in [1.54, 1.807) is 25.1 Å². The topological polar surface area (TPSA) is 42.9 Å². The zero-order valence-corrected chi connectivity index (χ0v) is 12.9. The van der Waals surface area contributed by atoms with E-state index in [4.69, 9.17) is 0 Å². The Morgan fingerprint density at radius 2 is 2.05 bits per heavy atom. The Bertz CT molecular complexity index is 658. The number of halogens is 2. The highest BCUT2D eigenvalue weighted by atomic mass is 79.9. The van der Waals surface area contributed by atoms with Crippen molar-refractivity contribution < 1.29 is 9.18 Å². The van der Waals surface area contributed by atoms with Gasteiger partial charge in [0.2, 0.25) is 0 Å². The summed E-state index contributed by atoms with van der Waals surface area (Å²) in [5.41, 5.74) is 2.25. The van der Waals surface area contributed by atoms with Gasteiger partial charge >= 0.3 is 0 Å². The van der Waals surface area contributed by atoms with Crippen LogP contribution in [-0.4, -0.2) is 16.0 Å². The number of aryl methyl sites for hydroxylation is 2. The molecule has 1 aromatic heterocycles. The Morgan fingerprint density at radius 3 is 2.70 bits per heavy atom. The minimum atomic E-state index is -0.385. The fourth-order valence-electron chi connectivity index (χ4n) is 1.95. The molecule has 1 aromatic carbocycles. The summed E-state index contributed by atoms with van der Waals surface area (Å²) in [5.74, 6) is -0.523. The number of carbonyl (C=O) groups excluding carboxylic acids is 1. The van der Waals surface area contributed by atoms with Gasteiger partial charge in [-0.25, -0.2) is 4.39 Å². The van der Waals surface area contributed by atoms with Gasteiger partial charge in [-0.3, -0.25) is 4.79 Å². The van der Waals surface area contributed by atoms with Crippen LogP contribution in [0, 0.1) is 12.7 Å². The molecule has 0 aliphatic rings. The zero-order chi connectivity index (χ0) is 14.7. The lowest BCUT2D eigenvalue weighted by molar-refractivity contribution is 0.0990. The Balaban J connectivity index is 2.30. The van der Waals surface area contributed by atoms with E-state index in [1.807, 2.05) is 6.92 Å². The largest absolute Gasteiger partial charge is 0.294 e. The first-order valence-corrected chi connectivity index (χ1v) is 7.11. The van der Waals surface area contributed by atoms with Crippen molar-refractivity contribution in [2.75, 3.05) is 0 Å². The summed E-state index contributed by atoms with van der Waals surface area (Å²) in [6.45, 7) is 3.69. The number of rotatable bonds is 4. The SMILES string of the molecule is CCc1nnc(C)cc1C(=O)Cc1ccc(Br)cc1F. The van der Waals surface area contributed by atoms with Crippen LogP contribution < -0.4 is 0 Å². The maximum Gasteiger partial charge on any atom is 0.169 e. The molecule has 0 spiro atoms. The molecular weight excluding hydrogens is 323 g/mol. The minimum Gasteiger partial charge on any atom is -0.294 e. The Morgan fingerprint density at radius 1 is 1.30 bits per heavy atom. The van der Waals surface area contributed by atoms with Crippen molar-refractivity contribution in [1.82, 2.24) is 10.2 Å². The zero-order valence-electron chi connectivity index (χ0n) is 11.3. The molecule has 5 heteroatoms. The third kappa shape index (κ3) is 3.28. The van der Waals surface area contributed by atoms with Crippen LogP contribution in [0.15, 0.2) is 28.7 Å². The van der Waals surface area contributed by atoms with Gasteiger partial charge in [-0.2, -0.15) is 10.2 Å². The summed E-state index contributed by atoms with van der Waals surface area (Å²) in [7, 11) is 0. The lowest BCUT2D eigenvalue weighted by Crippen LogP contribution is -2.11. The Labute approximate surface area is 125 Å². The summed E-state index contributed by atoms with van der Waals surface area (Å²) in [6, 6.07) is 6.41. The second-order valence-corrected chi connectivity index (χ2v) is 5.45. The first kappa shape index (κ1) is 14.8. The van der Waals surface area contributed by atoms with Gasteiger partial charge in [0.05, 0.1) is 11.4 Å². The van der Waals surface area contributed by atoms with Crippen molar-refractivity contribution in [1.29, 1.82) is 0 Å². The third-order valence-electron chi connectivity index (χ3n) is 2.99. The van der Waals surface area contributed by atoms with Gasteiger partial charge in [0.25, 0.3) is 0 Å². The first-order chi connectivity index (χ1) is 9.51. The fourth-order valence-corrected chi connectivity index (χ4v) is 2.28. The van der Waals surface area contributed by atoms with Crippen LogP contribution in [0.25, 0.3) is 0 Å². The number of hydrogen-bond acceptors (Lipinski definition) is 3. The van der Waals surface area contributed by atoms with Crippen LogP contribution in [0.5, 0.6) is 0 Å². The summed E-state index contributed by atoms with van der Waals surface area (Å²) >= 11 is 3.20. The lowest BCUT2D eigenvalue weighted by Gasteiger charge is -2.07. The summed E-state index contributed by atoms with van der Waals surface area (Å²) in [6.07, 6.45) is 0.647. The van der Waals surface area contributed by atoms with Crippen LogP contribution in [0.1, 0.15) is 34.2 Å². The summed E-state index contributed by atoms with van der Waals surface area (Å²) in [4.78, 5) is 12.3. The summed E-state index contributed by atoms with van der Waals surface area (Å²) < 4.78 is 14.4. The predicted molar refractivity (Wildman–Crippen MR) is 78.3 cm³/mol. The van der Waals surface area contributed by atoms with Gasteiger partial charge in [-0.05, 0) is 37.1 Å². The van der Waals surface area contributed by atoms with Crippen molar-refractivity contribution in [3.8, 4) is 0 Å². The Kier molecular flexibility index (Phi) is 4.60. The van der Waals surface area contributed by atoms with Crippen LogP contribution in [-0.2, 0) is 12.8 Å². The van der Waals surface area contributed by atoms with E-state index in [2.05, 4.69) is 26.1 Å². The van der Waals surface area contributed by atoms with Gasteiger partial charge in [0, 0.05) is 16.5 Å². The molecule has 0 saturated carbocycles. The molecule has 104 valence electrons. The monoisotopic (exact) mass is 336 g/mol. The minimum absolute atomic E-state index is 0.0250. The van der Waals surface area contributed by atoms with Gasteiger partial charge in [0.15, 0.2) is 5.78 Å². The normalized spacial score (nSPS) is 10.6. The van der Waals surface area contributed by atoms with E-state index in [0.29, 0.717) is 33.4 Å². The van der Waals surface area contributed by atoms with Gasteiger partial charge in [-0.15, -0.1) is 0 Å². The average molecular weight is 337 g/mol. The lowest BCUT2D eigenvalue weighted by atomic mass is 10.0. The molecule has 0 fully saturated rings. The van der Waals surface area contributed by atoms with Crippen LogP contribution in [0.2, 0.25) is 0 Å². The maximum absolute atomic E-state index is 13.8. The van der Waals surface area contributed by atoms with E-state index in [0.717, 1.165) is 0 Å². The highest BCUT2D eigenvalue weighted by molar-refractivity contribution is 9.10. The number of nitrogens with zero attached hydrogens (tertiary/aromatic N) is 2. The third-order valence-corrected chi connectivity index (χ3v) is 3.49. The highest BCUT2D eigenvalue weighted by Gasteiger charge is 2.15. The number of aromatic nitrogens is 2. The molecule has 0 unspecified atom stereocenters. The highest BCUT2D eigenvalue weighted by Crippen LogP contribution is 2.18. The van der Waals surface area contributed by atoms with E-state index >= 15 is 0 Å². The van der Waals surface area contributed by atoms with Crippen molar-refractivity contribution in [3.63, 3.8) is 0 Å². The molecule has 0 radical (unpaired) electrons. The molecule has 0 bridgehead atoms. The molecule has 0 aliphatic heterocycles. The van der Waals surface area contributed by atoms with Crippen molar-refractivity contribution in [3.05, 3.63) is 57.1 Å². The van der Waals surface area contributed by atoms with Crippen LogP contribution in [0.3, 0.4) is 0 Å². The van der Waals surface area contributed by atoms with E-state index in [-0.39, 0.29) is 18.0 Å². The van der Waals surface area contributed by atoms with Crippen LogP contribution >= 0.6 is 15.9 Å². The molecule has 2 aromatic rings. The maximum atomic E-state index is 13.8. The molecule has 2 rings (SSSR count). The molecule has 0 saturated heterocycles. The second-order valence-electron chi connectivity index (χ2n) is 4.54. The number of ketones is 1. The standard InChI is InChI=1S/C15H14BrFN2O/c1-3-14-12(6-9(2)18-19-14)15(20)7-10-4-5-11(16)8-13(10)17/h4-6,8H,3,7H2,1-2H3. The van der Waals surface area contributed by atoms with Gasteiger partial charge in [0.1, 0.15) is 5.82 Å². The number of hydrogen-bond donors (Lipinski definition) is 0. The number of Topliss-reactive ketones (excluding diaryl/α,β-unsaturated/α-hetero) is 1. The van der Waals surface area contributed by atoms with Crippen molar-refractivity contribution >= 4 is 21.7 Å². The van der Waals surface area contributed by atoms with E-state index in [9.17, 15) is 9.18 Å². The van der Waals surface area contributed by atoms with Crippen LogP contribution in [0.4, 0.5) is 4.39 Å². The average Bonchev–Trinajstić information content (AvgIpc) is 2.41. The first-order valence-electron chi connectivity index (χ1n) is 6.31. The van der Waals surface area contributed by atoms with Crippen molar-refractivity contribution in [2.24, 2.45) is 0 Å². The molecule has 1 heterocycles. The number of benzene rings is 1. The number of carbonyl (C=O) groups is 1. The van der Waals surface area contributed by atoms with E-state index in [1.165, 1.54) is 6.07 Å². The van der Waals surface area contributed by atoms with Gasteiger partial charge < -0.3 is 0 Å². The molecule has 0 atom stereocenters. The molecule has 0 N–H and O–H groups in total. The summed E-state index contributed by atoms with van der Waals surface area (Å²) in [5, 5.41) is 7.97. The van der Waals surface area contributed by atoms with Gasteiger partial charge in [-0.1, -0.05) is 28.9 Å². The second kappa shape index (κ2) is 6.22. The molecule has 0 amide bonds. The van der Waals surface area contributed by atoms with E-state index < -0.39 is 0 Å². The van der Waals surface area contributed by atoms with Crippen molar-refractivity contribution in [2.45, 2.75) is 26.7 Å². The molecular formula is C15H14BrFN2O. The fraction of sp³-hybridized carbons (Fsp3) is 0.267.